The number of hydrogen-bond donors (Lipinski definition) is 2. The largest absolute Gasteiger partial charge is 0.506 e. The molecule has 0 fully saturated rings. The SMILES string of the molecule is COc1cc2c(=O)c3c(c(=O)c2c2oc4c(O)c5c(=O)c6c(c(=O)c5c(O)c4c12)[C@@H](C)O[C@@H](C)C6)[C@@H](C)O[C@@H](C)C3. The number of phenolic OH excluding ortho intramolecular Hbond substituents is 2. The van der Waals surface area contributed by atoms with Crippen LogP contribution < -0.4 is 26.5 Å². The molecule has 0 aliphatic carbocycles. The van der Waals surface area contributed by atoms with Crippen molar-refractivity contribution >= 4 is 43.5 Å². The average Bonchev–Trinajstić information content (AvgIpc) is 3.32. The summed E-state index contributed by atoms with van der Waals surface area (Å²) in [7, 11) is 1.35. The first-order chi connectivity index (χ1) is 19.5. The van der Waals surface area contributed by atoms with Crippen molar-refractivity contribution < 1.29 is 28.8 Å². The molecule has 10 nitrogen and oxygen atoms in total. The van der Waals surface area contributed by atoms with Gasteiger partial charge in [0.05, 0.1) is 58.5 Å². The molecule has 4 aromatic carbocycles. The van der Waals surface area contributed by atoms with Gasteiger partial charge in [-0.15, -0.1) is 0 Å². The van der Waals surface area contributed by atoms with Crippen molar-refractivity contribution in [1.82, 2.24) is 0 Å². The molecule has 0 spiro atoms. The third-order valence-corrected chi connectivity index (χ3v) is 8.60. The number of benzene rings is 4. The van der Waals surface area contributed by atoms with Crippen LogP contribution >= 0.6 is 0 Å². The van der Waals surface area contributed by atoms with E-state index in [1.165, 1.54) is 13.2 Å². The van der Waals surface area contributed by atoms with Crippen LogP contribution in [0.2, 0.25) is 0 Å². The number of furan rings is 1. The third-order valence-electron chi connectivity index (χ3n) is 8.60. The fraction of sp³-hybridized carbons (Fsp3) is 0.355. The summed E-state index contributed by atoms with van der Waals surface area (Å²) in [5.74, 6) is -1.16. The molecule has 3 heterocycles. The molecule has 0 saturated heterocycles. The van der Waals surface area contributed by atoms with Crippen LogP contribution in [-0.2, 0) is 22.3 Å². The summed E-state index contributed by atoms with van der Waals surface area (Å²) < 4.78 is 23.3. The lowest BCUT2D eigenvalue weighted by atomic mass is 9.89. The molecule has 41 heavy (non-hydrogen) atoms. The summed E-state index contributed by atoms with van der Waals surface area (Å²) in [6.07, 6.45) is -1.51. The summed E-state index contributed by atoms with van der Waals surface area (Å²) in [5, 5.41) is 22.2. The zero-order chi connectivity index (χ0) is 29.2. The standard InChI is InChI=1S/C31H26O10/c1-9-6-13-17(11(3)39-9)26(34)19-15(24(13)32)8-16(38-5)20-23-28(36)22-21(29(37)31(23)41-30(19)20)25(33)14-7-10(2)40-12(4)18(14)27(22)35/h8-12,36-37H,6-7H2,1-5H3/t9-,10-,11+,12+/m0/s1. The van der Waals surface area contributed by atoms with Crippen molar-refractivity contribution in [3.8, 4) is 17.2 Å². The lowest BCUT2D eigenvalue weighted by molar-refractivity contribution is -0.00569. The number of hydrogen-bond acceptors (Lipinski definition) is 10. The van der Waals surface area contributed by atoms with Crippen molar-refractivity contribution in [2.75, 3.05) is 7.11 Å². The molecule has 2 aliphatic rings. The van der Waals surface area contributed by atoms with E-state index in [9.17, 15) is 29.4 Å². The fourth-order valence-corrected chi connectivity index (χ4v) is 6.99. The van der Waals surface area contributed by atoms with Gasteiger partial charge in [0, 0.05) is 40.5 Å². The summed E-state index contributed by atoms with van der Waals surface area (Å²) in [4.78, 5) is 55.0. The van der Waals surface area contributed by atoms with Gasteiger partial charge in [0.2, 0.25) is 0 Å². The molecular formula is C31H26O10. The molecule has 10 heteroatoms. The highest BCUT2D eigenvalue weighted by Gasteiger charge is 2.35. The minimum atomic E-state index is -0.702. The maximum atomic E-state index is 13.9. The molecule has 0 amide bonds. The Labute approximate surface area is 231 Å². The smallest absolute Gasteiger partial charge is 0.196 e. The Morgan fingerprint density at radius 1 is 0.683 bits per heavy atom. The van der Waals surface area contributed by atoms with Gasteiger partial charge in [-0.3, -0.25) is 19.2 Å². The van der Waals surface area contributed by atoms with Gasteiger partial charge in [0.25, 0.3) is 0 Å². The van der Waals surface area contributed by atoms with Gasteiger partial charge >= 0.3 is 0 Å². The summed E-state index contributed by atoms with van der Waals surface area (Å²) >= 11 is 0. The van der Waals surface area contributed by atoms with Gasteiger partial charge < -0.3 is 28.8 Å². The van der Waals surface area contributed by atoms with Gasteiger partial charge in [0.1, 0.15) is 11.5 Å². The van der Waals surface area contributed by atoms with Crippen molar-refractivity contribution in [2.24, 2.45) is 0 Å². The van der Waals surface area contributed by atoms with Crippen LogP contribution in [0, 0.1) is 0 Å². The molecule has 1 aromatic heterocycles. The van der Waals surface area contributed by atoms with E-state index in [4.69, 9.17) is 18.6 Å². The van der Waals surface area contributed by atoms with E-state index in [1.807, 2.05) is 6.92 Å². The van der Waals surface area contributed by atoms with Crippen LogP contribution in [0.15, 0.2) is 29.7 Å². The molecule has 4 atom stereocenters. The molecule has 2 aliphatic heterocycles. The first-order valence-corrected chi connectivity index (χ1v) is 13.5. The van der Waals surface area contributed by atoms with Gasteiger partial charge in [-0.25, -0.2) is 0 Å². The number of aromatic hydroxyl groups is 2. The van der Waals surface area contributed by atoms with E-state index in [1.54, 1.807) is 20.8 Å². The fourth-order valence-electron chi connectivity index (χ4n) is 6.99. The minimum absolute atomic E-state index is 0.0615. The topological polar surface area (TPSA) is 150 Å². The lowest BCUT2D eigenvalue weighted by Gasteiger charge is -2.27. The monoisotopic (exact) mass is 558 g/mol. The normalized spacial score (nSPS) is 22.5. The molecule has 210 valence electrons. The van der Waals surface area contributed by atoms with Crippen molar-refractivity contribution in [1.29, 1.82) is 0 Å². The molecule has 7 rings (SSSR count). The molecular weight excluding hydrogens is 532 g/mol. The maximum absolute atomic E-state index is 13.9. The molecule has 2 N–H and O–H groups in total. The second-order valence-corrected chi connectivity index (χ2v) is 11.1. The number of ether oxygens (including phenoxy) is 3. The van der Waals surface area contributed by atoms with Crippen LogP contribution in [0.5, 0.6) is 17.2 Å². The van der Waals surface area contributed by atoms with Gasteiger partial charge in [-0.1, -0.05) is 0 Å². The summed E-state index contributed by atoms with van der Waals surface area (Å²) in [6.45, 7) is 6.96. The zero-order valence-electron chi connectivity index (χ0n) is 23.0. The van der Waals surface area contributed by atoms with Gasteiger partial charge in [0.15, 0.2) is 38.6 Å². The number of phenols is 2. The summed E-state index contributed by atoms with van der Waals surface area (Å²) in [6, 6.07) is 1.41. The second-order valence-electron chi connectivity index (χ2n) is 11.1. The Hall–Kier alpha value is -4.28. The average molecular weight is 559 g/mol. The Morgan fingerprint density at radius 2 is 1.22 bits per heavy atom. The number of rotatable bonds is 1. The molecule has 0 bridgehead atoms. The Morgan fingerprint density at radius 3 is 1.80 bits per heavy atom. The van der Waals surface area contributed by atoms with Crippen LogP contribution in [0.4, 0.5) is 0 Å². The van der Waals surface area contributed by atoms with Crippen molar-refractivity contribution in [3.63, 3.8) is 0 Å². The Balaban J connectivity index is 1.72. The molecule has 5 aromatic rings. The highest BCUT2D eigenvalue weighted by atomic mass is 16.5. The quantitative estimate of drug-likeness (QED) is 0.292. The minimum Gasteiger partial charge on any atom is -0.506 e. The zero-order valence-corrected chi connectivity index (χ0v) is 23.0. The predicted octanol–water partition coefficient (Wildman–Crippen LogP) is 3.67. The first-order valence-electron chi connectivity index (χ1n) is 13.5. The number of methoxy groups -OCH3 is 1. The summed E-state index contributed by atoms with van der Waals surface area (Å²) in [5.41, 5.74) is -1.56. The van der Waals surface area contributed by atoms with Crippen LogP contribution in [0.3, 0.4) is 0 Å². The van der Waals surface area contributed by atoms with E-state index < -0.39 is 40.0 Å². The number of fused-ring (bicyclic) bond motifs is 8. The maximum Gasteiger partial charge on any atom is 0.196 e. The van der Waals surface area contributed by atoms with E-state index >= 15 is 0 Å². The van der Waals surface area contributed by atoms with E-state index in [0.29, 0.717) is 5.56 Å². The molecule has 0 radical (unpaired) electrons. The van der Waals surface area contributed by atoms with Crippen LogP contribution in [-0.4, -0.2) is 29.5 Å². The van der Waals surface area contributed by atoms with E-state index in [-0.39, 0.29) is 96.4 Å². The van der Waals surface area contributed by atoms with E-state index in [0.717, 1.165) is 0 Å². The highest BCUT2D eigenvalue weighted by molar-refractivity contribution is 6.24. The second kappa shape index (κ2) is 8.37. The Kier molecular flexibility index (Phi) is 5.24. The van der Waals surface area contributed by atoms with Crippen molar-refractivity contribution in [2.45, 2.75) is 65.0 Å². The predicted molar refractivity (Wildman–Crippen MR) is 151 cm³/mol. The van der Waals surface area contributed by atoms with Crippen LogP contribution in [0.25, 0.3) is 43.5 Å². The van der Waals surface area contributed by atoms with Gasteiger partial charge in [-0.05, 0) is 33.8 Å². The van der Waals surface area contributed by atoms with Crippen molar-refractivity contribution in [3.05, 3.63) is 69.2 Å². The molecule has 0 saturated carbocycles. The Bertz CT molecular complexity index is 2220. The van der Waals surface area contributed by atoms with E-state index in [2.05, 4.69) is 0 Å². The first kappa shape index (κ1) is 25.7. The third kappa shape index (κ3) is 3.14. The molecule has 0 unspecified atom stereocenters. The highest BCUT2D eigenvalue weighted by Crippen LogP contribution is 2.49. The van der Waals surface area contributed by atoms with Crippen LogP contribution in [0.1, 0.15) is 62.2 Å². The lowest BCUT2D eigenvalue weighted by Crippen LogP contribution is -2.33. The van der Waals surface area contributed by atoms with Gasteiger partial charge in [-0.2, -0.15) is 0 Å².